The van der Waals surface area contributed by atoms with Crippen molar-refractivity contribution in [3.8, 4) is 11.5 Å². The first kappa shape index (κ1) is 26.3. The van der Waals surface area contributed by atoms with Crippen LogP contribution in [-0.4, -0.2) is 30.5 Å². The highest BCUT2D eigenvalue weighted by atomic mass is 35.5. The van der Waals surface area contributed by atoms with Crippen LogP contribution in [0, 0.1) is 6.92 Å². The van der Waals surface area contributed by atoms with Gasteiger partial charge in [-0.1, -0.05) is 49.6 Å². The average molecular weight is 520 g/mol. The summed E-state index contributed by atoms with van der Waals surface area (Å²) in [5.74, 6) is -0.451. The summed E-state index contributed by atoms with van der Waals surface area (Å²) in [5.41, 5.74) is 2.38. The summed E-state index contributed by atoms with van der Waals surface area (Å²) in [5, 5.41) is 11.8. The van der Waals surface area contributed by atoms with Gasteiger partial charge in [0.25, 0.3) is 11.7 Å². The Hall–Kier alpha value is -3.77. The Balaban J connectivity index is 1.77. The van der Waals surface area contributed by atoms with Crippen LogP contribution in [0.15, 0.2) is 72.3 Å². The number of rotatable bonds is 9. The number of ether oxygens (including phenoxy) is 2. The smallest absolute Gasteiger partial charge is 0.300 e. The molecule has 6 nitrogen and oxygen atoms in total. The Labute approximate surface area is 222 Å². The molecule has 0 spiro atoms. The van der Waals surface area contributed by atoms with Gasteiger partial charge in [-0.25, -0.2) is 0 Å². The minimum absolute atomic E-state index is 0.00322. The van der Waals surface area contributed by atoms with E-state index in [9.17, 15) is 14.7 Å². The summed E-state index contributed by atoms with van der Waals surface area (Å²) in [6.07, 6.45) is 3.17. The first-order valence-corrected chi connectivity index (χ1v) is 12.7. The predicted octanol–water partition coefficient (Wildman–Crippen LogP) is 6.85. The van der Waals surface area contributed by atoms with Crippen LogP contribution in [0.2, 0.25) is 5.02 Å². The average Bonchev–Trinajstić information content (AvgIpc) is 3.18. The van der Waals surface area contributed by atoms with E-state index in [1.54, 1.807) is 73.8 Å². The molecule has 1 unspecified atom stereocenters. The van der Waals surface area contributed by atoms with Gasteiger partial charge in [0.2, 0.25) is 0 Å². The monoisotopic (exact) mass is 519 g/mol. The number of anilines is 1. The third-order valence-corrected chi connectivity index (χ3v) is 6.86. The lowest BCUT2D eigenvalue weighted by Gasteiger charge is -2.26. The number of amides is 1. The number of hydrogen-bond donors (Lipinski definition) is 1. The molecule has 0 aliphatic carbocycles. The molecule has 0 saturated carbocycles. The van der Waals surface area contributed by atoms with Crippen molar-refractivity contribution in [3.63, 3.8) is 0 Å². The molecule has 192 valence electrons. The number of unbranched alkanes of at least 4 members (excludes halogenated alkanes) is 2. The highest BCUT2D eigenvalue weighted by Crippen LogP contribution is 2.43. The largest absolute Gasteiger partial charge is 0.507 e. The van der Waals surface area contributed by atoms with Crippen molar-refractivity contribution < 1.29 is 24.2 Å². The van der Waals surface area contributed by atoms with Gasteiger partial charge >= 0.3 is 0 Å². The highest BCUT2D eigenvalue weighted by Gasteiger charge is 2.47. The second-order valence-corrected chi connectivity index (χ2v) is 9.36. The molecule has 37 heavy (non-hydrogen) atoms. The summed E-state index contributed by atoms with van der Waals surface area (Å²) in [7, 11) is 1.56. The van der Waals surface area contributed by atoms with E-state index in [0.29, 0.717) is 39.9 Å². The number of ketones is 1. The van der Waals surface area contributed by atoms with E-state index in [1.807, 2.05) is 6.92 Å². The second-order valence-electron chi connectivity index (χ2n) is 8.96. The molecule has 3 aromatic rings. The lowest BCUT2D eigenvalue weighted by molar-refractivity contribution is -0.132. The molecule has 1 aliphatic heterocycles. The summed E-state index contributed by atoms with van der Waals surface area (Å²) in [4.78, 5) is 28.0. The first-order chi connectivity index (χ1) is 17.8. The number of carbonyl (C=O) groups excluding carboxylic acids is 2. The summed E-state index contributed by atoms with van der Waals surface area (Å²) in [6, 6.07) is 18.3. The second kappa shape index (κ2) is 11.5. The fraction of sp³-hybridized carbons (Fsp3) is 0.267. The third kappa shape index (κ3) is 5.49. The van der Waals surface area contributed by atoms with Crippen LogP contribution >= 0.6 is 11.6 Å². The number of hydrogen-bond acceptors (Lipinski definition) is 5. The number of aryl methyl sites for hydroxylation is 1. The van der Waals surface area contributed by atoms with Crippen LogP contribution < -0.4 is 14.4 Å². The van der Waals surface area contributed by atoms with Gasteiger partial charge in [-0.05, 0) is 73.0 Å². The van der Waals surface area contributed by atoms with E-state index in [1.165, 1.54) is 4.90 Å². The van der Waals surface area contributed by atoms with Gasteiger partial charge in [0, 0.05) is 16.3 Å². The number of nitrogens with zero attached hydrogens (tertiary/aromatic N) is 1. The maximum Gasteiger partial charge on any atom is 0.300 e. The zero-order valence-electron chi connectivity index (χ0n) is 21.2. The van der Waals surface area contributed by atoms with Gasteiger partial charge in [-0.15, -0.1) is 0 Å². The van der Waals surface area contributed by atoms with Gasteiger partial charge < -0.3 is 14.6 Å². The Bertz CT molecular complexity index is 1310. The molecule has 0 radical (unpaired) electrons. The van der Waals surface area contributed by atoms with Crippen LogP contribution in [-0.2, 0) is 9.59 Å². The molecule has 0 aromatic heterocycles. The van der Waals surface area contributed by atoms with E-state index in [-0.39, 0.29) is 11.3 Å². The minimum atomic E-state index is -0.852. The molecule has 1 saturated heterocycles. The summed E-state index contributed by atoms with van der Waals surface area (Å²) in [6.45, 7) is 4.60. The topological polar surface area (TPSA) is 76.1 Å². The highest BCUT2D eigenvalue weighted by molar-refractivity contribution is 6.51. The van der Waals surface area contributed by atoms with Gasteiger partial charge in [-0.3, -0.25) is 14.5 Å². The van der Waals surface area contributed by atoms with E-state index >= 15 is 0 Å². The number of halogens is 1. The molecule has 4 rings (SSSR count). The third-order valence-electron chi connectivity index (χ3n) is 6.45. The number of methoxy groups -OCH3 is 1. The van der Waals surface area contributed by atoms with Crippen LogP contribution in [0.25, 0.3) is 5.76 Å². The maximum absolute atomic E-state index is 13.3. The number of Topliss-reactive ketones (excluding diaryl/α,β-unsaturated/α-hetero) is 1. The molecular weight excluding hydrogens is 490 g/mol. The van der Waals surface area contributed by atoms with Crippen molar-refractivity contribution >= 4 is 34.7 Å². The number of aliphatic hydroxyl groups excluding tert-OH is 1. The number of carbonyl (C=O) groups is 2. The standard InChI is InChI=1S/C30H30ClNO5/c1-4-5-6-17-37-24-15-10-21(11-16-24)28(33)26-27(20-8-13-23(36-3)14-9-20)32(30(35)29(26)34)22-12-7-19(2)25(31)18-22/h7-16,18,27,33H,4-6,17H2,1-3H3/b28-26+. The molecule has 1 amide bonds. The maximum atomic E-state index is 13.3. The molecule has 1 fully saturated rings. The van der Waals surface area contributed by atoms with E-state index in [4.69, 9.17) is 21.1 Å². The van der Waals surface area contributed by atoms with Crippen LogP contribution in [0.5, 0.6) is 11.5 Å². The fourth-order valence-electron chi connectivity index (χ4n) is 4.34. The van der Waals surface area contributed by atoms with Crippen LogP contribution in [0.4, 0.5) is 5.69 Å². The Morgan fingerprint density at radius 2 is 1.65 bits per heavy atom. The lowest BCUT2D eigenvalue weighted by Crippen LogP contribution is -2.29. The van der Waals surface area contributed by atoms with E-state index < -0.39 is 17.7 Å². The SMILES string of the molecule is CCCCCOc1ccc(/C(O)=C2\C(=O)C(=O)N(c3ccc(C)c(Cl)c3)C2c2ccc(OC)cc2)cc1. The molecule has 1 atom stereocenters. The zero-order valence-corrected chi connectivity index (χ0v) is 21.9. The van der Waals surface area contributed by atoms with Crippen molar-refractivity contribution in [1.82, 2.24) is 0 Å². The molecule has 3 aromatic carbocycles. The van der Waals surface area contributed by atoms with Crippen LogP contribution in [0.3, 0.4) is 0 Å². The van der Waals surface area contributed by atoms with Crippen molar-refractivity contribution in [2.75, 3.05) is 18.6 Å². The van der Waals surface area contributed by atoms with Crippen molar-refractivity contribution in [1.29, 1.82) is 0 Å². The molecule has 0 bridgehead atoms. The quantitative estimate of drug-likeness (QED) is 0.145. The van der Waals surface area contributed by atoms with Crippen LogP contribution in [0.1, 0.15) is 48.9 Å². The van der Waals surface area contributed by atoms with Gasteiger partial charge in [0.1, 0.15) is 17.3 Å². The van der Waals surface area contributed by atoms with Crippen molar-refractivity contribution in [3.05, 3.63) is 94.0 Å². The van der Waals surface area contributed by atoms with Gasteiger partial charge in [0.05, 0.1) is 25.3 Å². The summed E-state index contributed by atoms with van der Waals surface area (Å²) >= 11 is 6.36. The minimum Gasteiger partial charge on any atom is -0.507 e. The predicted molar refractivity (Wildman–Crippen MR) is 145 cm³/mol. The number of benzene rings is 3. The zero-order chi connectivity index (χ0) is 26.5. The Kier molecular flexibility index (Phi) is 8.19. The lowest BCUT2D eigenvalue weighted by atomic mass is 9.95. The van der Waals surface area contributed by atoms with Crippen molar-refractivity contribution in [2.45, 2.75) is 39.2 Å². The van der Waals surface area contributed by atoms with Gasteiger partial charge in [-0.2, -0.15) is 0 Å². The van der Waals surface area contributed by atoms with Gasteiger partial charge in [0.15, 0.2) is 0 Å². The molecular formula is C30H30ClNO5. The van der Waals surface area contributed by atoms with E-state index in [0.717, 1.165) is 24.8 Å². The Morgan fingerprint density at radius 3 is 2.27 bits per heavy atom. The Morgan fingerprint density at radius 1 is 0.973 bits per heavy atom. The van der Waals surface area contributed by atoms with Crippen molar-refractivity contribution in [2.24, 2.45) is 0 Å². The molecule has 7 heteroatoms. The summed E-state index contributed by atoms with van der Waals surface area (Å²) < 4.78 is 11.0. The first-order valence-electron chi connectivity index (χ1n) is 12.3. The normalized spacial score (nSPS) is 16.8. The number of aliphatic hydroxyl groups is 1. The van der Waals surface area contributed by atoms with E-state index in [2.05, 4.69) is 6.92 Å². The molecule has 1 N–H and O–H groups in total. The molecule has 1 heterocycles. The molecule has 1 aliphatic rings. The fourth-order valence-corrected chi connectivity index (χ4v) is 4.51.